The molecular weight excluding hydrogens is 454 g/mol. The lowest BCUT2D eigenvalue weighted by atomic mass is 10.1. The highest BCUT2D eigenvalue weighted by Crippen LogP contribution is 2.37. The number of carbonyl (C=O) groups is 1. The summed E-state index contributed by atoms with van der Waals surface area (Å²) in [6, 6.07) is 21.3. The van der Waals surface area contributed by atoms with Crippen LogP contribution >= 0.6 is 11.3 Å². The van der Waals surface area contributed by atoms with E-state index in [1.54, 1.807) is 35.6 Å². The van der Waals surface area contributed by atoms with Gasteiger partial charge in [-0.2, -0.15) is 0 Å². The minimum absolute atomic E-state index is 0.0546. The molecule has 33 heavy (non-hydrogen) atoms. The zero-order valence-corrected chi connectivity index (χ0v) is 19.7. The third kappa shape index (κ3) is 4.24. The molecule has 1 N–H and O–H groups in total. The summed E-state index contributed by atoms with van der Waals surface area (Å²) in [5, 5.41) is 0.948. The van der Waals surface area contributed by atoms with Crippen LogP contribution in [0.3, 0.4) is 0 Å². The van der Waals surface area contributed by atoms with E-state index < -0.39 is 10.0 Å². The maximum atomic E-state index is 13.3. The molecule has 4 aromatic rings. The summed E-state index contributed by atoms with van der Waals surface area (Å²) in [5.74, 6) is -0.104. The molecule has 8 heteroatoms. The van der Waals surface area contributed by atoms with Gasteiger partial charge < -0.3 is 4.90 Å². The molecule has 1 saturated heterocycles. The van der Waals surface area contributed by atoms with Gasteiger partial charge in [-0.3, -0.25) is 9.52 Å². The van der Waals surface area contributed by atoms with E-state index in [-0.39, 0.29) is 16.8 Å². The molecule has 168 valence electrons. The van der Waals surface area contributed by atoms with Crippen LogP contribution in [0.1, 0.15) is 39.8 Å². The minimum Gasteiger partial charge on any atom is -0.329 e. The van der Waals surface area contributed by atoms with E-state index in [9.17, 15) is 13.2 Å². The van der Waals surface area contributed by atoms with Crippen LogP contribution in [-0.2, 0) is 10.0 Å². The molecule has 3 aromatic carbocycles. The summed E-state index contributed by atoms with van der Waals surface area (Å²) in [5.41, 5.74) is 2.79. The molecule has 0 bridgehead atoms. The molecule has 0 radical (unpaired) electrons. The van der Waals surface area contributed by atoms with Gasteiger partial charge in [-0.15, -0.1) is 11.3 Å². The first kappa shape index (κ1) is 21.6. The molecule has 0 spiro atoms. The van der Waals surface area contributed by atoms with Crippen molar-refractivity contribution in [2.45, 2.75) is 30.7 Å². The van der Waals surface area contributed by atoms with E-state index in [1.165, 1.54) is 12.1 Å². The van der Waals surface area contributed by atoms with Gasteiger partial charge in [0, 0.05) is 12.1 Å². The fraction of sp³-hybridized carbons (Fsp3) is 0.200. The Labute approximate surface area is 197 Å². The van der Waals surface area contributed by atoms with Gasteiger partial charge in [0.2, 0.25) is 0 Å². The number of nitrogens with zero attached hydrogens (tertiary/aromatic N) is 2. The topological polar surface area (TPSA) is 79.4 Å². The first-order valence-corrected chi connectivity index (χ1v) is 13.1. The van der Waals surface area contributed by atoms with Crippen molar-refractivity contribution in [1.82, 2.24) is 9.88 Å². The van der Waals surface area contributed by atoms with Gasteiger partial charge in [0.05, 0.1) is 26.8 Å². The Bertz CT molecular complexity index is 1400. The molecule has 1 unspecified atom stereocenters. The average molecular weight is 478 g/mol. The number of hydrogen-bond acceptors (Lipinski definition) is 5. The third-order valence-corrected chi connectivity index (χ3v) is 8.43. The Morgan fingerprint density at radius 3 is 2.52 bits per heavy atom. The third-order valence-electron chi connectivity index (χ3n) is 5.91. The zero-order valence-electron chi connectivity index (χ0n) is 18.1. The number of rotatable bonds is 5. The lowest BCUT2D eigenvalue weighted by Crippen LogP contribution is -2.30. The molecule has 6 nitrogen and oxygen atoms in total. The van der Waals surface area contributed by atoms with Gasteiger partial charge in [0.15, 0.2) is 0 Å². The first-order chi connectivity index (χ1) is 15.9. The number of aryl methyl sites for hydroxylation is 1. The van der Waals surface area contributed by atoms with Crippen LogP contribution in [0.15, 0.2) is 77.7 Å². The molecule has 1 fully saturated rings. The molecule has 1 aliphatic rings. The largest absolute Gasteiger partial charge is 0.329 e. The van der Waals surface area contributed by atoms with Crippen molar-refractivity contribution in [3.8, 4) is 0 Å². The highest BCUT2D eigenvalue weighted by atomic mass is 32.2. The number of aromatic nitrogens is 1. The van der Waals surface area contributed by atoms with Crippen molar-refractivity contribution in [1.29, 1.82) is 0 Å². The number of hydrogen-bond donors (Lipinski definition) is 1. The van der Waals surface area contributed by atoms with E-state index >= 15 is 0 Å². The molecule has 5 rings (SSSR count). The Hall–Kier alpha value is -3.23. The summed E-state index contributed by atoms with van der Waals surface area (Å²) in [6.07, 6.45) is 1.79. The molecule has 0 aliphatic carbocycles. The molecule has 1 amide bonds. The first-order valence-electron chi connectivity index (χ1n) is 10.8. The Morgan fingerprint density at radius 2 is 1.76 bits per heavy atom. The van der Waals surface area contributed by atoms with Crippen LogP contribution in [0.25, 0.3) is 10.2 Å². The van der Waals surface area contributed by atoms with Gasteiger partial charge in [0.1, 0.15) is 5.01 Å². The fourth-order valence-corrected chi connectivity index (χ4v) is 6.38. The number of amides is 1. The summed E-state index contributed by atoms with van der Waals surface area (Å²) >= 11 is 1.63. The van der Waals surface area contributed by atoms with E-state index in [1.807, 2.05) is 48.2 Å². The second-order valence-corrected chi connectivity index (χ2v) is 10.9. The van der Waals surface area contributed by atoms with Crippen LogP contribution in [0.2, 0.25) is 0 Å². The van der Waals surface area contributed by atoms with Crippen molar-refractivity contribution >= 4 is 43.2 Å². The van der Waals surface area contributed by atoms with Crippen molar-refractivity contribution in [3.63, 3.8) is 0 Å². The zero-order chi connectivity index (χ0) is 23.0. The standard InChI is InChI=1S/C25H23N3O3S2/c1-17-7-2-3-8-20(17)27-33(30,31)19-14-12-18(13-15-19)25(29)28-16-6-10-22(28)24-26-21-9-4-5-11-23(21)32-24/h2-5,7-9,11-15,22,27H,6,10,16H2,1H3. The van der Waals surface area contributed by atoms with Gasteiger partial charge in [0.25, 0.3) is 15.9 Å². The average Bonchev–Trinajstić information content (AvgIpc) is 3.47. The fourth-order valence-electron chi connectivity index (χ4n) is 4.13. The number of anilines is 1. The smallest absolute Gasteiger partial charge is 0.261 e. The van der Waals surface area contributed by atoms with E-state index in [2.05, 4.69) is 4.72 Å². The summed E-state index contributed by atoms with van der Waals surface area (Å²) in [6.45, 7) is 2.51. The minimum atomic E-state index is -3.75. The van der Waals surface area contributed by atoms with E-state index in [0.717, 1.165) is 33.6 Å². The SMILES string of the molecule is Cc1ccccc1NS(=O)(=O)c1ccc(C(=O)N2CCCC2c2nc3ccccc3s2)cc1. The molecule has 1 aromatic heterocycles. The van der Waals surface area contributed by atoms with E-state index in [0.29, 0.717) is 17.8 Å². The highest BCUT2D eigenvalue weighted by Gasteiger charge is 2.33. The molecule has 2 heterocycles. The second kappa shape index (κ2) is 8.61. The van der Waals surface area contributed by atoms with Gasteiger partial charge >= 0.3 is 0 Å². The van der Waals surface area contributed by atoms with Crippen LogP contribution in [-0.4, -0.2) is 30.8 Å². The normalized spacial score (nSPS) is 16.3. The second-order valence-electron chi connectivity index (χ2n) is 8.12. The molecule has 1 aliphatic heterocycles. The quantitative estimate of drug-likeness (QED) is 0.418. The van der Waals surface area contributed by atoms with Crippen LogP contribution in [0.4, 0.5) is 5.69 Å². The lowest BCUT2D eigenvalue weighted by molar-refractivity contribution is 0.0735. The molecular formula is C25H23N3O3S2. The maximum Gasteiger partial charge on any atom is 0.261 e. The Morgan fingerprint density at radius 1 is 1.03 bits per heavy atom. The number of sulfonamides is 1. The summed E-state index contributed by atoms with van der Waals surface area (Å²) in [4.78, 5) is 20.0. The lowest BCUT2D eigenvalue weighted by Gasteiger charge is -2.23. The number of nitrogens with one attached hydrogen (secondary N) is 1. The number of carbonyl (C=O) groups excluding carboxylic acids is 1. The van der Waals surface area contributed by atoms with Crippen molar-refractivity contribution in [3.05, 3.63) is 88.9 Å². The number of benzene rings is 3. The monoisotopic (exact) mass is 477 g/mol. The number of likely N-dealkylation sites (tertiary alicyclic amines) is 1. The van der Waals surface area contributed by atoms with Crippen LogP contribution in [0, 0.1) is 6.92 Å². The number of para-hydroxylation sites is 2. The highest BCUT2D eigenvalue weighted by molar-refractivity contribution is 7.92. The van der Waals surface area contributed by atoms with Crippen LogP contribution < -0.4 is 4.72 Å². The van der Waals surface area contributed by atoms with E-state index in [4.69, 9.17) is 4.98 Å². The van der Waals surface area contributed by atoms with Gasteiger partial charge in [-0.25, -0.2) is 13.4 Å². The summed E-state index contributed by atoms with van der Waals surface area (Å²) in [7, 11) is -3.75. The van der Waals surface area contributed by atoms with Crippen molar-refractivity contribution in [2.75, 3.05) is 11.3 Å². The van der Waals surface area contributed by atoms with Gasteiger partial charge in [-0.1, -0.05) is 30.3 Å². The predicted molar refractivity (Wildman–Crippen MR) is 131 cm³/mol. The van der Waals surface area contributed by atoms with Crippen molar-refractivity contribution in [2.24, 2.45) is 0 Å². The van der Waals surface area contributed by atoms with Crippen LogP contribution in [0.5, 0.6) is 0 Å². The predicted octanol–water partition coefficient (Wildman–Crippen LogP) is 5.38. The molecule has 0 saturated carbocycles. The Kier molecular flexibility index (Phi) is 5.64. The van der Waals surface area contributed by atoms with Gasteiger partial charge in [-0.05, 0) is 67.8 Å². The summed E-state index contributed by atoms with van der Waals surface area (Å²) < 4.78 is 29.3. The Balaban J connectivity index is 1.36. The number of thiazole rings is 1. The number of fused-ring (bicyclic) bond motifs is 1. The maximum absolute atomic E-state index is 13.3. The molecule has 1 atom stereocenters. The van der Waals surface area contributed by atoms with Crippen molar-refractivity contribution < 1.29 is 13.2 Å².